The zero-order chi connectivity index (χ0) is 42.5. The van der Waals surface area contributed by atoms with Gasteiger partial charge in [0.2, 0.25) is 23.6 Å². The van der Waals surface area contributed by atoms with Crippen molar-refractivity contribution in [2.45, 2.75) is 76.5 Å². The number of nitriles is 2. The highest BCUT2D eigenvalue weighted by molar-refractivity contribution is 5.96. The van der Waals surface area contributed by atoms with Crippen molar-refractivity contribution in [3.05, 3.63) is 136 Å². The Balaban J connectivity index is 0.931. The van der Waals surface area contributed by atoms with Gasteiger partial charge in [0.25, 0.3) is 0 Å². The highest BCUT2D eigenvalue weighted by atomic mass is 16.2. The molecule has 0 bridgehead atoms. The van der Waals surface area contributed by atoms with Crippen LogP contribution in [0.2, 0.25) is 0 Å². The van der Waals surface area contributed by atoms with Crippen molar-refractivity contribution in [2.75, 3.05) is 22.9 Å². The van der Waals surface area contributed by atoms with Gasteiger partial charge >= 0.3 is 0 Å². The Morgan fingerprint density at radius 2 is 1.02 bits per heavy atom. The summed E-state index contributed by atoms with van der Waals surface area (Å²) in [4.78, 5) is 56.1. The Labute approximate surface area is 350 Å². The predicted molar refractivity (Wildman–Crippen MR) is 228 cm³/mol. The number of nitrogens with one attached hydrogen (secondary N) is 3. The molecule has 2 heterocycles. The summed E-state index contributed by atoms with van der Waals surface area (Å²) in [7, 11) is 0. The largest absolute Gasteiger partial charge is 0.579 e. The standard InChI is InChI=1S/C48H45N8O4/c1-47(33-49,27-23-43(57)51-29-25-45(59)55-31-39-15-5-3-11-35(39)19-21-37-13-7-9-17-41(37)55)53-54-48(2,34-50)28-24-44(58)52-30-26-46(60)56-32-40-16-6-4-12-36(40)20-22-38-14-8-10-18-42(38)56/h3-18,53H,23-32H2,1-2H3,(H,51,57)(H,52,58)/q-1. The molecule has 2 aliphatic rings. The van der Waals surface area contributed by atoms with Gasteiger partial charge < -0.3 is 31.3 Å². The zero-order valence-corrected chi connectivity index (χ0v) is 33.7. The number of nitrogens with zero attached hydrogens (tertiary/aromatic N) is 5. The lowest BCUT2D eigenvalue weighted by Crippen LogP contribution is -2.44. The number of rotatable bonds is 15. The maximum absolute atomic E-state index is 13.5. The topological polar surface area (TPSA) is 173 Å². The summed E-state index contributed by atoms with van der Waals surface area (Å²) < 4.78 is 0. The number of fused-ring (bicyclic) bond motifs is 4. The van der Waals surface area contributed by atoms with Crippen LogP contribution in [-0.4, -0.2) is 47.8 Å². The minimum atomic E-state index is -1.37. The zero-order valence-electron chi connectivity index (χ0n) is 33.7. The first-order valence-electron chi connectivity index (χ1n) is 19.8. The fraction of sp³-hybridized carbons (Fsp3) is 0.292. The number of amides is 4. The molecule has 4 aromatic rings. The fourth-order valence-corrected chi connectivity index (χ4v) is 6.72. The molecule has 4 aromatic carbocycles. The molecule has 12 nitrogen and oxygen atoms in total. The van der Waals surface area contributed by atoms with E-state index in [0.717, 1.165) is 33.4 Å². The number of carbonyl (C=O) groups is 4. The molecule has 0 radical (unpaired) electrons. The second-order valence-electron chi connectivity index (χ2n) is 15.1. The Morgan fingerprint density at radius 3 is 1.48 bits per heavy atom. The van der Waals surface area contributed by atoms with Gasteiger partial charge in [-0.15, -0.1) is 0 Å². The van der Waals surface area contributed by atoms with Crippen LogP contribution >= 0.6 is 0 Å². The van der Waals surface area contributed by atoms with Crippen molar-refractivity contribution < 1.29 is 19.2 Å². The molecule has 2 aliphatic heterocycles. The normalized spacial score (nSPS) is 14.1. The van der Waals surface area contributed by atoms with Crippen molar-refractivity contribution in [3.63, 3.8) is 0 Å². The van der Waals surface area contributed by atoms with Gasteiger partial charge in [-0.2, -0.15) is 10.5 Å². The van der Waals surface area contributed by atoms with Crippen LogP contribution in [0.25, 0.3) is 5.43 Å². The molecule has 60 heavy (non-hydrogen) atoms. The van der Waals surface area contributed by atoms with Crippen LogP contribution in [0.4, 0.5) is 11.4 Å². The van der Waals surface area contributed by atoms with E-state index in [4.69, 9.17) is 0 Å². The van der Waals surface area contributed by atoms with Gasteiger partial charge in [0.1, 0.15) is 0 Å². The van der Waals surface area contributed by atoms with Crippen LogP contribution in [0.5, 0.6) is 0 Å². The molecular formula is C48H45N8O4-. The van der Waals surface area contributed by atoms with Crippen molar-refractivity contribution in [1.29, 1.82) is 10.5 Å². The molecular weight excluding hydrogens is 753 g/mol. The Kier molecular flexibility index (Phi) is 13.8. The van der Waals surface area contributed by atoms with Crippen LogP contribution in [0, 0.1) is 46.3 Å². The molecule has 4 amide bonds. The minimum absolute atomic E-state index is 0.0381. The van der Waals surface area contributed by atoms with Crippen molar-refractivity contribution >= 4 is 35.0 Å². The van der Waals surface area contributed by atoms with Crippen LogP contribution in [0.3, 0.4) is 0 Å². The summed E-state index contributed by atoms with van der Waals surface area (Å²) in [5.74, 6) is 11.7. The van der Waals surface area contributed by atoms with E-state index in [1.54, 1.807) is 23.6 Å². The molecule has 2 unspecified atom stereocenters. The van der Waals surface area contributed by atoms with Gasteiger partial charge in [-0.3, -0.25) is 19.2 Å². The smallest absolute Gasteiger partial charge is 0.229 e. The summed E-state index contributed by atoms with van der Waals surface area (Å²) in [6.45, 7) is 4.01. The van der Waals surface area contributed by atoms with E-state index >= 15 is 0 Å². The van der Waals surface area contributed by atoms with Crippen molar-refractivity contribution in [3.8, 4) is 35.8 Å². The average molecular weight is 798 g/mol. The molecule has 6 rings (SSSR count). The molecule has 0 aromatic heterocycles. The van der Waals surface area contributed by atoms with E-state index in [9.17, 15) is 29.7 Å². The number of carbonyl (C=O) groups excluding carboxylic acids is 4. The second kappa shape index (κ2) is 19.5. The van der Waals surface area contributed by atoms with Crippen molar-refractivity contribution in [2.24, 2.45) is 0 Å². The van der Waals surface area contributed by atoms with Gasteiger partial charge in [-0.05, 0) is 72.8 Å². The highest BCUT2D eigenvalue weighted by Crippen LogP contribution is 2.28. The molecule has 12 heteroatoms. The van der Waals surface area contributed by atoms with Crippen LogP contribution in [0.15, 0.2) is 97.1 Å². The minimum Gasteiger partial charge on any atom is -0.579 e. The molecule has 0 saturated carbocycles. The van der Waals surface area contributed by atoms with Gasteiger partial charge in [0.15, 0.2) is 0 Å². The predicted octanol–water partition coefficient (Wildman–Crippen LogP) is 5.90. The Hall–Kier alpha value is -7.22. The number of hydrogen-bond donors (Lipinski definition) is 3. The molecule has 0 spiro atoms. The van der Waals surface area contributed by atoms with Gasteiger partial charge in [-0.1, -0.05) is 91.3 Å². The quantitative estimate of drug-likeness (QED) is 0.0994. The fourth-order valence-electron chi connectivity index (χ4n) is 6.72. The average Bonchev–Trinajstić information content (AvgIpc) is 3.25. The number of anilines is 2. The summed E-state index contributed by atoms with van der Waals surface area (Å²) >= 11 is 0. The van der Waals surface area contributed by atoms with Crippen molar-refractivity contribution in [1.82, 2.24) is 16.1 Å². The first-order valence-corrected chi connectivity index (χ1v) is 19.8. The third-order valence-corrected chi connectivity index (χ3v) is 10.4. The van der Waals surface area contributed by atoms with Gasteiger partial charge in [0.05, 0.1) is 36.1 Å². The van der Waals surface area contributed by atoms with Crippen LogP contribution in [0.1, 0.15) is 85.8 Å². The first kappa shape index (κ1) is 42.4. The second-order valence-corrected chi connectivity index (χ2v) is 15.1. The molecule has 3 N–H and O–H groups in total. The van der Waals surface area contributed by atoms with E-state index in [1.165, 1.54) is 0 Å². The highest BCUT2D eigenvalue weighted by Gasteiger charge is 2.26. The molecule has 2 atom stereocenters. The van der Waals surface area contributed by atoms with E-state index in [2.05, 4.69) is 57.3 Å². The maximum Gasteiger partial charge on any atom is 0.229 e. The molecule has 302 valence electrons. The van der Waals surface area contributed by atoms with E-state index in [-0.39, 0.29) is 75.2 Å². The summed E-state index contributed by atoms with van der Waals surface area (Å²) in [5.41, 5.74) is 10.9. The lowest BCUT2D eigenvalue weighted by molar-refractivity contribution is -0.123. The van der Waals surface area contributed by atoms with Gasteiger partial charge in [-0.25, -0.2) is 0 Å². The van der Waals surface area contributed by atoms with Gasteiger partial charge in [0, 0.05) is 67.1 Å². The first-order chi connectivity index (χ1) is 29.0. The lowest BCUT2D eigenvalue weighted by Gasteiger charge is -2.43. The Bertz CT molecular complexity index is 2330. The molecule has 0 aliphatic carbocycles. The Morgan fingerprint density at radius 1 is 0.600 bits per heavy atom. The summed E-state index contributed by atoms with van der Waals surface area (Å²) in [6.07, 6.45) is 0.133. The maximum atomic E-state index is 13.5. The van der Waals surface area contributed by atoms with Crippen LogP contribution < -0.4 is 25.9 Å². The number of hydrogen-bond acceptors (Lipinski definition) is 7. The monoisotopic (exact) mass is 797 g/mol. The molecule has 0 fully saturated rings. The van der Waals surface area contributed by atoms with E-state index < -0.39 is 11.1 Å². The number of benzene rings is 4. The third kappa shape index (κ3) is 10.8. The number of para-hydroxylation sites is 2. The third-order valence-electron chi connectivity index (χ3n) is 10.4. The van der Waals surface area contributed by atoms with E-state index in [1.807, 2.05) is 97.1 Å². The van der Waals surface area contributed by atoms with Crippen LogP contribution in [-0.2, 0) is 32.3 Å². The lowest BCUT2D eigenvalue weighted by atomic mass is 9.96. The van der Waals surface area contributed by atoms with E-state index in [0.29, 0.717) is 24.5 Å². The summed E-state index contributed by atoms with van der Waals surface area (Å²) in [6, 6.07) is 34.6. The molecule has 0 saturated heterocycles. The SMILES string of the molecule is CC(C#N)(CCC(=O)NCCC(=O)N1Cc2ccccc2C#Cc2ccccc21)[N-]NC(C)(C#N)CCC(=O)NCCC(=O)N1Cc2ccccc2C#Cc2ccccc21. The summed E-state index contributed by atoms with van der Waals surface area (Å²) in [5, 5.41) is 25.5.